The lowest BCUT2D eigenvalue weighted by atomic mass is 10.2. The van der Waals surface area contributed by atoms with Gasteiger partial charge in [-0.05, 0) is 12.8 Å². The van der Waals surface area contributed by atoms with Crippen LogP contribution in [-0.4, -0.2) is 40.9 Å². The molecule has 1 saturated carbocycles. The topological polar surface area (TPSA) is 79.8 Å². The first-order valence-electron chi connectivity index (χ1n) is 5.76. The van der Waals surface area contributed by atoms with Gasteiger partial charge in [0.1, 0.15) is 11.3 Å². The molecule has 7 heteroatoms. The summed E-state index contributed by atoms with van der Waals surface area (Å²) in [5, 5.41) is 0. The normalized spacial score (nSPS) is 20.1. The quantitative estimate of drug-likeness (QED) is 0.586. The third-order valence-corrected chi connectivity index (χ3v) is 3.48. The molecule has 3 rings (SSSR count). The first-order valence-corrected chi connectivity index (χ1v) is 5.76. The number of carbonyl (C=O) groups excluding carboxylic acids is 3. The molecule has 0 aromatic carbocycles. The SMILES string of the molecule is COc1cncc(N2C(=O)N(C=O)C3(CC3)C2=O)c1. The molecule has 7 nitrogen and oxygen atoms in total. The molecule has 2 heterocycles. The molecule has 1 saturated heterocycles. The highest BCUT2D eigenvalue weighted by molar-refractivity contribution is 6.26. The minimum absolute atomic E-state index is 0.310. The van der Waals surface area contributed by atoms with Crippen LogP contribution in [0, 0.1) is 0 Å². The molecule has 2 fully saturated rings. The molecule has 0 unspecified atom stereocenters. The predicted molar refractivity (Wildman–Crippen MR) is 63.5 cm³/mol. The molecule has 0 N–H and O–H groups in total. The van der Waals surface area contributed by atoms with Crippen molar-refractivity contribution in [1.82, 2.24) is 9.88 Å². The van der Waals surface area contributed by atoms with Crippen LogP contribution in [0.3, 0.4) is 0 Å². The number of anilines is 1. The van der Waals surface area contributed by atoms with Gasteiger partial charge >= 0.3 is 6.03 Å². The van der Waals surface area contributed by atoms with Crippen LogP contribution in [0.1, 0.15) is 12.8 Å². The largest absolute Gasteiger partial charge is 0.495 e. The van der Waals surface area contributed by atoms with Gasteiger partial charge in [0.2, 0.25) is 6.41 Å². The molecular formula is C12H11N3O4. The Balaban J connectivity index is 2.03. The van der Waals surface area contributed by atoms with E-state index in [-0.39, 0.29) is 5.91 Å². The summed E-state index contributed by atoms with van der Waals surface area (Å²) < 4.78 is 5.01. The van der Waals surface area contributed by atoms with Crippen molar-refractivity contribution in [3.8, 4) is 5.75 Å². The van der Waals surface area contributed by atoms with Gasteiger partial charge in [-0.1, -0.05) is 0 Å². The molecule has 98 valence electrons. The van der Waals surface area contributed by atoms with Crippen LogP contribution >= 0.6 is 0 Å². The number of carbonyl (C=O) groups is 3. The van der Waals surface area contributed by atoms with Gasteiger partial charge in [-0.2, -0.15) is 0 Å². The number of ether oxygens (including phenoxy) is 1. The fraction of sp³-hybridized carbons (Fsp3) is 0.333. The van der Waals surface area contributed by atoms with Crippen LogP contribution in [0.25, 0.3) is 0 Å². The van der Waals surface area contributed by atoms with Gasteiger partial charge in [-0.3, -0.25) is 19.5 Å². The molecule has 4 amide bonds. The summed E-state index contributed by atoms with van der Waals surface area (Å²) >= 11 is 0. The van der Waals surface area contributed by atoms with E-state index >= 15 is 0 Å². The molecule has 1 aromatic rings. The highest BCUT2D eigenvalue weighted by Crippen LogP contribution is 2.48. The van der Waals surface area contributed by atoms with E-state index in [1.165, 1.54) is 25.6 Å². The summed E-state index contributed by atoms with van der Waals surface area (Å²) in [6, 6.07) is 0.903. The van der Waals surface area contributed by atoms with Crippen molar-refractivity contribution in [3.05, 3.63) is 18.5 Å². The Bertz CT molecular complexity index is 582. The Kier molecular flexibility index (Phi) is 2.31. The molecule has 0 atom stereocenters. The van der Waals surface area contributed by atoms with Crippen LogP contribution < -0.4 is 9.64 Å². The second kappa shape index (κ2) is 3.78. The minimum Gasteiger partial charge on any atom is -0.495 e. The van der Waals surface area contributed by atoms with Gasteiger partial charge in [0, 0.05) is 6.07 Å². The van der Waals surface area contributed by atoms with Crippen LogP contribution in [0.5, 0.6) is 5.75 Å². The highest BCUT2D eigenvalue weighted by atomic mass is 16.5. The van der Waals surface area contributed by atoms with E-state index in [0.717, 1.165) is 9.80 Å². The summed E-state index contributed by atoms with van der Waals surface area (Å²) in [5.41, 5.74) is -0.646. The maximum atomic E-state index is 12.3. The first-order chi connectivity index (χ1) is 9.14. The van der Waals surface area contributed by atoms with Gasteiger partial charge in [0.25, 0.3) is 5.91 Å². The van der Waals surface area contributed by atoms with Crippen LogP contribution in [0.15, 0.2) is 18.5 Å². The van der Waals surface area contributed by atoms with E-state index in [2.05, 4.69) is 4.98 Å². The van der Waals surface area contributed by atoms with Gasteiger partial charge in [0.15, 0.2) is 0 Å². The molecule has 0 radical (unpaired) electrons. The Morgan fingerprint density at radius 3 is 2.63 bits per heavy atom. The van der Waals surface area contributed by atoms with Crippen molar-refractivity contribution in [2.45, 2.75) is 18.4 Å². The standard InChI is InChI=1S/C12H11N3O4/c1-19-9-4-8(5-13-6-9)15-10(17)12(2-3-12)14(7-16)11(15)18/h4-7H,2-3H2,1H3. The zero-order chi connectivity index (χ0) is 13.6. The van der Waals surface area contributed by atoms with Gasteiger partial charge in [-0.25, -0.2) is 9.69 Å². The van der Waals surface area contributed by atoms with E-state index in [1.54, 1.807) is 0 Å². The number of urea groups is 1. The molecule has 1 aromatic heterocycles. The summed E-state index contributed by atoms with van der Waals surface area (Å²) in [4.78, 5) is 41.3. The molecule has 1 spiro atoms. The monoisotopic (exact) mass is 261 g/mol. The number of methoxy groups -OCH3 is 1. The van der Waals surface area contributed by atoms with Gasteiger partial charge in [-0.15, -0.1) is 0 Å². The fourth-order valence-corrected chi connectivity index (χ4v) is 2.28. The molecule has 2 aliphatic rings. The fourth-order valence-electron chi connectivity index (χ4n) is 2.28. The average molecular weight is 261 g/mol. The predicted octanol–water partition coefficient (Wildman–Crippen LogP) is 0.548. The Hall–Kier alpha value is -2.44. The second-order valence-corrected chi connectivity index (χ2v) is 4.51. The van der Waals surface area contributed by atoms with Crippen molar-refractivity contribution < 1.29 is 19.1 Å². The van der Waals surface area contributed by atoms with E-state index in [1.807, 2.05) is 0 Å². The third kappa shape index (κ3) is 1.44. The number of pyridine rings is 1. The second-order valence-electron chi connectivity index (χ2n) is 4.51. The zero-order valence-electron chi connectivity index (χ0n) is 10.2. The van der Waals surface area contributed by atoms with Crippen molar-refractivity contribution in [1.29, 1.82) is 0 Å². The number of rotatable bonds is 3. The number of imide groups is 2. The Morgan fingerprint density at radius 2 is 2.11 bits per heavy atom. The number of nitrogens with zero attached hydrogens (tertiary/aromatic N) is 3. The summed E-state index contributed by atoms with van der Waals surface area (Å²) in [6.45, 7) is 0. The summed E-state index contributed by atoms with van der Waals surface area (Å²) in [7, 11) is 1.47. The molecule has 1 aliphatic carbocycles. The van der Waals surface area contributed by atoms with Crippen molar-refractivity contribution in [2.24, 2.45) is 0 Å². The number of hydrogen-bond acceptors (Lipinski definition) is 5. The Morgan fingerprint density at radius 1 is 1.37 bits per heavy atom. The minimum atomic E-state index is -0.956. The van der Waals surface area contributed by atoms with E-state index in [9.17, 15) is 14.4 Å². The van der Waals surface area contributed by atoms with Crippen molar-refractivity contribution in [2.75, 3.05) is 12.0 Å². The van der Waals surface area contributed by atoms with Gasteiger partial charge < -0.3 is 4.74 Å². The molecular weight excluding hydrogens is 250 g/mol. The average Bonchev–Trinajstić information content (AvgIpc) is 3.17. The van der Waals surface area contributed by atoms with E-state index in [0.29, 0.717) is 30.7 Å². The van der Waals surface area contributed by atoms with Gasteiger partial charge in [0.05, 0.1) is 25.2 Å². The summed E-state index contributed by atoms with van der Waals surface area (Å²) in [5.74, 6) is 0.0622. The van der Waals surface area contributed by atoms with Crippen molar-refractivity contribution in [3.63, 3.8) is 0 Å². The molecule has 19 heavy (non-hydrogen) atoms. The van der Waals surface area contributed by atoms with Crippen LogP contribution in [-0.2, 0) is 9.59 Å². The number of amides is 4. The molecule has 1 aliphatic heterocycles. The first kappa shape index (κ1) is 11.6. The highest BCUT2D eigenvalue weighted by Gasteiger charge is 2.65. The maximum Gasteiger partial charge on any atom is 0.338 e. The van der Waals surface area contributed by atoms with Crippen LogP contribution in [0.2, 0.25) is 0 Å². The summed E-state index contributed by atoms with van der Waals surface area (Å²) in [6.07, 6.45) is 4.32. The molecule has 0 bridgehead atoms. The lowest BCUT2D eigenvalue weighted by Gasteiger charge is -2.13. The smallest absolute Gasteiger partial charge is 0.338 e. The van der Waals surface area contributed by atoms with Crippen LogP contribution in [0.4, 0.5) is 10.5 Å². The number of hydrogen-bond donors (Lipinski definition) is 0. The van der Waals surface area contributed by atoms with E-state index in [4.69, 9.17) is 4.74 Å². The lowest BCUT2D eigenvalue weighted by molar-refractivity contribution is -0.126. The van der Waals surface area contributed by atoms with E-state index < -0.39 is 11.6 Å². The third-order valence-electron chi connectivity index (χ3n) is 3.48. The zero-order valence-corrected chi connectivity index (χ0v) is 10.2. The maximum absolute atomic E-state index is 12.3. The Labute approximate surface area is 108 Å². The lowest BCUT2D eigenvalue weighted by Crippen LogP contribution is -2.35. The van der Waals surface area contributed by atoms with Crippen molar-refractivity contribution >= 4 is 24.0 Å². The number of aromatic nitrogens is 1.